The summed E-state index contributed by atoms with van der Waals surface area (Å²) in [5.41, 5.74) is 2.66. The minimum Gasteiger partial charge on any atom is -0.354 e. The summed E-state index contributed by atoms with van der Waals surface area (Å²) in [6.07, 6.45) is 3.69. The van der Waals surface area contributed by atoms with Crippen molar-refractivity contribution in [2.45, 2.75) is 0 Å². The molecule has 2 aromatic heterocycles. The van der Waals surface area contributed by atoms with Crippen LogP contribution in [-0.4, -0.2) is 10.1 Å². The summed E-state index contributed by atoms with van der Waals surface area (Å²) in [6.45, 7) is 0. The number of para-hydroxylation sites is 1. The molecule has 0 aliphatic heterocycles. The Morgan fingerprint density at radius 2 is 1.70 bits per heavy atom. The van der Waals surface area contributed by atoms with Gasteiger partial charge in [0.05, 0.1) is 5.39 Å². The summed E-state index contributed by atoms with van der Waals surface area (Å²) in [7, 11) is 0. The van der Waals surface area contributed by atoms with Crippen molar-refractivity contribution < 1.29 is 4.52 Å². The first-order valence-corrected chi connectivity index (χ1v) is 6.59. The maximum absolute atomic E-state index is 6.03. The zero-order valence-electron chi connectivity index (χ0n) is 10.4. The topological polar surface area (TPSA) is 38.9 Å². The molecule has 0 spiro atoms. The van der Waals surface area contributed by atoms with Crippen molar-refractivity contribution in [3.05, 3.63) is 60.0 Å². The van der Waals surface area contributed by atoms with Crippen LogP contribution in [0.2, 0.25) is 5.15 Å². The maximum Gasteiger partial charge on any atom is 0.180 e. The molecule has 2 aromatic carbocycles. The Hall–Kier alpha value is -2.39. The Balaban J connectivity index is 2.12. The molecule has 96 valence electrons. The van der Waals surface area contributed by atoms with Crippen LogP contribution in [0.4, 0.5) is 0 Å². The van der Waals surface area contributed by atoms with E-state index in [1.54, 1.807) is 0 Å². The van der Waals surface area contributed by atoms with Crippen LogP contribution in [0.25, 0.3) is 32.9 Å². The zero-order valence-corrected chi connectivity index (χ0v) is 11.1. The van der Waals surface area contributed by atoms with Crippen LogP contribution in [-0.2, 0) is 0 Å². The van der Waals surface area contributed by atoms with Gasteiger partial charge in [-0.3, -0.25) is 4.98 Å². The van der Waals surface area contributed by atoms with Crippen molar-refractivity contribution >= 4 is 33.3 Å². The fourth-order valence-corrected chi connectivity index (χ4v) is 2.66. The highest BCUT2D eigenvalue weighted by atomic mass is 35.5. The number of halogens is 1. The number of hydrogen-bond donors (Lipinski definition) is 0. The van der Waals surface area contributed by atoms with Crippen LogP contribution >= 0.6 is 11.6 Å². The second kappa shape index (κ2) is 4.32. The predicted molar refractivity (Wildman–Crippen MR) is 79.8 cm³/mol. The minimum atomic E-state index is 0.384. The SMILES string of the molecule is Clc1noc2c(-c3cncc4ccccc34)cccc12. The van der Waals surface area contributed by atoms with E-state index in [1.165, 1.54) is 0 Å². The maximum atomic E-state index is 6.03. The molecule has 0 bridgehead atoms. The van der Waals surface area contributed by atoms with Crippen molar-refractivity contribution in [2.24, 2.45) is 0 Å². The molecule has 0 fully saturated rings. The Morgan fingerprint density at radius 3 is 2.65 bits per heavy atom. The Kier molecular flexibility index (Phi) is 2.47. The molecule has 20 heavy (non-hydrogen) atoms. The minimum absolute atomic E-state index is 0.384. The highest BCUT2D eigenvalue weighted by Crippen LogP contribution is 2.35. The van der Waals surface area contributed by atoms with Crippen LogP contribution in [0.1, 0.15) is 0 Å². The van der Waals surface area contributed by atoms with E-state index in [0.717, 1.165) is 27.3 Å². The molecule has 0 aliphatic carbocycles. The van der Waals surface area contributed by atoms with E-state index >= 15 is 0 Å². The van der Waals surface area contributed by atoms with Crippen molar-refractivity contribution in [2.75, 3.05) is 0 Å². The zero-order chi connectivity index (χ0) is 13.5. The van der Waals surface area contributed by atoms with Crippen molar-refractivity contribution in [1.82, 2.24) is 10.1 Å². The molecule has 0 aliphatic rings. The van der Waals surface area contributed by atoms with E-state index < -0.39 is 0 Å². The number of fused-ring (bicyclic) bond motifs is 2. The Morgan fingerprint density at radius 1 is 0.850 bits per heavy atom. The molecule has 0 radical (unpaired) electrons. The molecule has 0 N–H and O–H groups in total. The molecule has 0 atom stereocenters. The summed E-state index contributed by atoms with van der Waals surface area (Å²) in [6, 6.07) is 14.0. The van der Waals surface area contributed by atoms with E-state index in [-0.39, 0.29) is 0 Å². The lowest BCUT2D eigenvalue weighted by atomic mass is 10.00. The van der Waals surface area contributed by atoms with Crippen molar-refractivity contribution in [3.63, 3.8) is 0 Å². The van der Waals surface area contributed by atoms with Crippen LogP contribution in [0.5, 0.6) is 0 Å². The first kappa shape index (κ1) is 11.4. The van der Waals surface area contributed by atoms with Gasteiger partial charge in [0, 0.05) is 28.9 Å². The summed E-state index contributed by atoms with van der Waals surface area (Å²) in [5, 5.41) is 7.25. The van der Waals surface area contributed by atoms with Gasteiger partial charge in [0.2, 0.25) is 0 Å². The van der Waals surface area contributed by atoms with E-state index in [0.29, 0.717) is 10.7 Å². The van der Waals surface area contributed by atoms with Crippen molar-refractivity contribution in [3.8, 4) is 11.1 Å². The van der Waals surface area contributed by atoms with Gasteiger partial charge in [-0.25, -0.2) is 0 Å². The summed E-state index contributed by atoms with van der Waals surface area (Å²) >= 11 is 6.03. The van der Waals surface area contributed by atoms with Gasteiger partial charge in [0.1, 0.15) is 0 Å². The number of nitrogens with zero attached hydrogens (tertiary/aromatic N) is 2. The fraction of sp³-hybridized carbons (Fsp3) is 0. The molecule has 4 aromatic rings. The average Bonchev–Trinajstić information content (AvgIpc) is 2.88. The number of rotatable bonds is 1. The number of pyridine rings is 1. The van der Waals surface area contributed by atoms with E-state index in [2.05, 4.69) is 16.2 Å². The number of benzene rings is 2. The van der Waals surface area contributed by atoms with Gasteiger partial charge >= 0.3 is 0 Å². The molecule has 0 amide bonds. The Bertz CT molecular complexity index is 925. The van der Waals surface area contributed by atoms with E-state index in [4.69, 9.17) is 16.1 Å². The monoisotopic (exact) mass is 280 g/mol. The first-order valence-electron chi connectivity index (χ1n) is 6.21. The lowest BCUT2D eigenvalue weighted by Crippen LogP contribution is -1.84. The number of hydrogen-bond acceptors (Lipinski definition) is 3. The molecule has 3 nitrogen and oxygen atoms in total. The fourth-order valence-electron chi connectivity index (χ4n) is 2.48. The highest BCUT2D eigenvalue weighted by molar-refractivity contribution is 6.34. The lowest BCUT2D eigenvalue weighted by molar-refractivity contribution is 0.457. The van der Waals surface area contributed by atoms with Gasteiger partial charge in [-0.05, 0) is 11.5 Å². The summed E-state index contributed by atoms with van der Waals surface area (Å²) in [4.78, 5) is 4.31. The second-order valence-corrected chi connectivity index (χ2v) is 4.92. The molecule has 0 unspecified atom stereocenters. The third kappa shape index (κ3) is 1.60. The quantitative estimate of drug-likeness (QED) is 0.507. The summed E-state index contributed by atoms with van der Waals surface area (Å²) in [5.74, 6) is 0. The molecular weight excluding hydrogens is 272 g/mol. The van der Waals surface area contributed by atoms with Gasteiger partial charge in [0.15, 0.2) is 10.7 Å². The van der Waals surface area contributed by atoms with Crippen LogP contribution in [0.3, 0.4) is 0 Å². The van der Waals surface area contributed by atoms with Gasteiger partial charge < -0.3 is 4.52 Å². The van der Waals surface area contributed by atoms with Gasteiger partial charge in [0.25, 0.3) is 0 Å². The normalized spacial score (nSPS) is 11.2. The standard InChI is InChI=1S/C16H9ClN2O/c17-16-13-7-3-6-12(15(13)20-19-16)14-9-18-8-10-4-1-2-5-11(10)14/h1-9H. The largest absolute Gasteiger partial charge is 0.354 e. The molecule has 4 rings (SSSR count). The lowest BCUT2D eigenvalue weighted by Gasteiger charge is -2.06. The molecule has 0 saturated heterocycles. The Labute approximate surface area is 119 Å². The second-order valence-electron chi connectivity index (χ2n) is 4.56. The molecule has 0 saturated carbocycles. The van der Waals surface area contributed by atoms with Crippen LogP contribution < -0.4 is 0 Å². The van der Waals surface area contributed by atoms with Gasteiger partial charge in [-0.15, -0.1) is 0 Å². The number of aromatic nitrogens is 2. The summed E-state index contributed by atoms with van der Waals surface area (Å²) < 4.78 is 5.37. The first-order chi connectivity index (χ1) is 9.84. The van der Waals surface area contributed by atoms with E-state index in [1.807, 2.05) is 48.8 Å². The third-order valence-corrected chi connectivity index (χ3v) is 3.69. The van der Waals surface area contributed by atoms with E-state index in [9.17, 15) is 0 Å². The van der Waals surface area contributed by atoms with Gasteiger partial charge in [-0.2, -0.15) is 0 Å². The highest BCUT2D eigenvalue weighted by Gasteiger charge is 2.13. The average molecular weight is 281 g/mol. The molecule has 4 heteroatoms. The smallest absolute Gasteiger partial charge is 0.180 e. The van der Waals surface area contributed by atoms with Crippen LogP contribution in [0, 0.1) is 0 Å². The predicted octanol–water partition coefficient (Wildman–Crippen LogP) is 4.70. The van der Waals surface area contributed by atoms with Gasteiger partial charge in [-0.1, -0.05) is 53.2 Å². The molecular formula is C16H9ClN2O. The van der Waals surface area contributed by atoms with Crippen molar-refractivity contribution in [1.29, 1.82) is 0 Å². The van der Waals surface area contributed by atoms with Crippen LogP contribution in [0.15, 0.2) is 59.4 Å². The molecule has 2 heterocycles. The third-order valence-electron chi connectivity index (χ3n) is 3.41.